The second kappa shape index (κ2) is 7.77. The van der Waals surface area contributed by atoms with Crippen molar-refractivity contribution in [2.24, 2.45) is 52.3 Å². The van der Waals surface area contributed by atoms with Gasteiger partial charge >= 0.3 is 0 Å². The zero-order valence-corrected chi connectivity index (χ0v) is 19.9. The van der Waals surface area contributed by atoms with Crippen molar-refractivity contribution in [1.29, 1.82) is 0 Å². The van der Waals surface area contributed by atoms with Gasteiger partial charge < -0.3 is 0 Å². The van der Waals surface area contributed by atoms with Gasteiger partial charge in [0, 0.05) is 0 Å². The average molecular weight is 385 g/mol. The van der Waals surface area contributed by atoms with Crippen LogP contribution >= 0.6 is 0 Å². The van der Waals surface area contributed by atoms with Crippen LogP contribution in [0.2, 0.25) is 0 Å². The van der Waals surface area contributed by atoms with Crippen LogP contribution in [0.1, 0.15) is 112 Å². The first-order valence-corrected chi connectivity index (χ1v) is 12.9. The summed E-state index contributed by atoms with van der Waals surface area (Å²) >= 11 is 0. The topological polar surface area (TPSA) is 0 Å². The summed E-state index contributed by atoms with van der Waals surface area (Å²) < 4.78 is 0. The molecule has 3 saturated carbocycles. The Labute approximate surface area is 176 Å². The molecule has 0 heterocycles. The molecule has 7 unspecified atom stereocenters. The van der Waals surface area contributed by atoms with Gasteiger partial charge in [-0.3, -0.25) is 0 Å². The van der Waals surface area contributed by atoms with Gasteiger partial charge in [0.15, 0.2) is 0 Å². The molecule has 4 rings (SSSR count). The summed E-state index contributed by atoms with van der Waals surface area (Å²) in [7, 11) is 0. The van der Waals surface area contributed by atoms with Crippen molar-refractivity contribution in [3.63, 3.8) is 0 Å². The lowest BCUT2D eigenvalue weighted by atomic mass is 9.46. The maximum atomic E-state index is 2.75. The lowest BCUT2D eigenvalue weighted by Crippen LogP contribution is -2.50. The first-order valence-electron chi connectivity index (χ1n) is 12.9. The molecule has 0 N–H and O–H groups in total. The van der Waals surface area contributed by atoms with Crippen molar-refractivity contribution in [2.75, 3.05) is 0 Å². The lowest BCUT2D eigenvalue weighted by Gasteiger charge is -2.58. The van der Waals surface area contributed by atoms with Crippen LogP contribution in [0.15, 0.2) is 11.6 Å². The van der Waals surface area contributed by atoms with Crippen LogP contribution in [0.25, 0.3) is 0 Å². The Kier molecular flexibility index (Phi) is 5.83. The van der Waals surface area contributed by atoms with Crippen molar-refractivity contribution in [3.05, 3.63) is 11.6 Å². The molecule has 0 bridgehead atoms. The van der Waals surface area contributed by atoms with Crippen molar-refractivity contribution < 1.29 is 0 Å². The number of rotatable bonds is 5. The summed E-state index contributed by atoms with van der Waals surface area (Å²) in [6.07, 6.45) is 19.0. The van der Waals surface area contributed by atoms with Crippen LogP contribution in [0.4, 0.5) is 0 Å². The van der Waals surface area contributed by atoms with Gasteiger partial charge in [-0.1, -0.05) is 72.5 Å². The third-order valence-electron chi connectivity index (χ3n) is 10.6. The predicted octanol–water partition coefficient (Wildman–Crippen LogP) is 8.66. The van der Waals surface area contributed by atoms with E-state index >= 15 is 0 Å². The number of fused-ring (bicyclic) bond motifs is 5. The first kappa shape index (κ1) is 21.0. The predicted molar refractivity (Wildman–Crippen MR) is 122 cm³/mol. The Balaban J connectivity index is 1.49. The highest BCUT2D eigenvalue weighted by atomic mass is 14.6. The molecule has 8 atom stereocenters. The Bertz CT molecular complexity index is 585. The van der Waals surface area contributed by atoms with Crippen molar-refractivity contribution in [3.8, 4) is 0 Å². The van der Waals surface area contributed by atoms with Crippen LogP contribution in [0.3, 0.4) is 0 Å². The normalized spacial score (nSPS) is 46.5. The van der Waals surface area contributed by atoms with Gasteiger partial charge in [0.2, 0.25) is 0 Å². The third-order valence-corrected chi connectivity index (χ3v) is 10.6. The average Bonchev–Trinajstić information content (AvgIpc) is 2.99. The Morgan fingerprint density at radius 1 is 0.964 bits per heavy atom. The fourth-order valence-electron chi connectivity index (χ4n) is 8.87. The SMILES string of the molecule is CC(C)CCCC(C)C1CCC2C3CC=C4C[C@@H](C)CCC4(C)C3CCC12C. The Morgan fingerprint density at radius 3 is 2.50 bits per heavy atom. The standard InChI is InChI=1S/C28H48/c1-19(2)8-7-9-21(4)24-12-13-25-23-11-10-22-18-20(3)14-16-27(22,5)26(23)15-17-28(24,25)6/h10,19-21,23-26H,7-9,11-18H2,1-6H3/t20-,21?,23?,24?,25?,26?,27?,28?/m0/s1. The highest BCUT2D eigenvalue weighted by Crippen LogP contribution is 2.67. The van der Waals surface area contributed by atoms with Crippen LogP contribution in [0, 0.1) is 52.3 Å². The minimum absolute atomic E-state index is 0.553. The molecule has 0 spiro atoms. The van der Waals surface area contributed by atoms with Gasteiger partial charge in [-0.15, -0.1) is 0 Å². The lowest BCUT2D eigenvalue weighted by molar-refractivity contribution is -0.0523. The molecule has 160 valence electrons. The number of hydrogen-bond donors (Lipinski definition) is 0. The summed E-state index contributed by atoms with van der Waals surface area (Å²) in [6, 6.07) is 0. The molecular formula is C28H48. The minimum atomic E-state index is 0.553. The summed E-state index contributed by atoms with van der Waals surface area (Å²) in [4.78, 5) is 0. The minimum Gasteiger partial charge on any atom is -0.0845 e. The molecule has 0 aromatic heterocycles. The molecule has 4 aliphatic rings. The molecule has 0 aromatic rings. The monoisotopic (exact) mass is 384 g/mol. The van der Waals surface area contributed by atoms with Gasteiger partial charge in [-0.2, -0.15) is 0 Å². The van der Waals surface area contributed by atoms with E-state index < -0.39 is 0 Å². The molecule has 0 aromatic carbocycles. The van der Waals surface area contributed by atoms with Gasteiger partial charge in [0.25, 0.3) is 0 Å². The fraction of sp³-hybridized carbons (Fsp3) is 0.929. The summed E-state index contributed by atoms with van der Waals surface area (Å²) in [5.74, 6) is 6.73. The first-order chi connectivity index (χ1) is 13.3. The van der Waals surface area contributed by atoms with E-state index in [0.717, 1.165) is 41.4 Å². The van der Waals surface area contributed by atoms with E-state index in [9.17, 15) is 0 Å². The van der Waals surface area contributed by atoms with Crippen LogP contribution in [0.5, 0.6) is 0 Å². The molecule has 0 amide bonds. The van der Waals surface area contributed by atoms with Crippen LogP contribution in [-0.2, 0) is 0 Å². The van der Waals surface area contributed by atoms with E-state index in [1.165, 1.54) is 70.6 Å². The zero-order valence-electron chi connectivity index (χ0n) is 19.9. The van der Waals surface area contributed by atoms with E-state index in [0.29, 0.717) is 10.8 Å². The van der Waals surface area contributed by atoms with Gasteiger partial charge in [-0.25, -0.2) is 0 Å². The van der Waals surface area contributed by atoms with Crippen LogP contribution in [-0.4, -0.2) is 0 Å². The van der Waals surface area contributed by atoms with E-state index in [2.05, 4.69) is 47.6 Å². The smallest absolute Gasteiger partial charge is 0.00851 e. The molecule has 0 saturated heterocycles. The van der Waals surface area contributed by atoms with E-state index in [1.807, 2.05) is 5.57 Å². The third kappa shape index (κ3) is 3.43. The van der Waals surface area contributed by atoms with Gasteiger partial charge in [0.1, 0.15) is 0 Å². The molecule has 28 heavy (non-hydrogen) atoms. The van der Waals surface area contributed by atoms with Gasteiger partial charge in [0.05, 0.1) is 0 Å². The van der Waals surface area contributed by atoms with Crippen LogP contribution < -0.4 is 0 Å². The largest absolute Gasteiger partial charge is 0.0845 e. The fourth-order valence-corrected chi connectivity index (χ4v) is 8.87. The second-order valence-electron chi connectivity index (χ2n) is 12.6. The molecule has 0 radical (unpaired) electrons. The van der Waals surface area contributed by atoms with Crippen molar-refractivity contribution >= 4 is 0 Å². The number of hydrogen-bond acceptors (Lipinski definition) is 0. The maximum Gasteiger partial charge on any atom is -0.00851 e. The van der Waals surface area contributed by atoms with E-state index in [-0.39, 0.29) is 0 Å². The van der Waals surface area contributed by atoms with Crippen molar-refractivity contribution in [1.82, 2.24) is 0 Å². The highest BCUT2D eigenvalue weighted by Gasteiger charge is 2.58. The van der Waals surface area contributed by atoms with Gasteiger partial charge in [-0.05, 0) is 104 Å². The molecule has 3 fully saturated rings. The zero-order chi connectivity index (χ0) is 20.1. The van der Waals surface area contributed by atoms with E-state index in [1.54, 1.807) is 0 Å². The summed E-state index contributed by atoms with van der Waals surface area (Å²) in [5.41, 5.74) is 3.06. The Morgan fingerprint density at radius 2 is 1.75 bits per heavy atom. The quantitative estimate of drug-likeness (QED) is 0.416. The molecular weight excluding hydrogens is 336 g/mol. The maximum absolute atomic E-state index is 2.75. The van der Waals surface area contributed by atoms with E-state index in [4.69, 9.17) is 0 Å². The molecule has 4 aliphatic carbocycles. The Hall–Kier alpha value is -0.260. The molecule has 0 nitrogen and oxygen atoms in total. The molecule has 0 heteroatoms. The summed E-state index contributed by atoms with van der Waals surface area (Å²) in [6.45, 7) is 15.3. The highest BCUT2D eigenvalue weighted by molar-refractivity contribution is 5.25. The summed E-state index contributed by atoms with van der Waals surface area (Å²) in [5, 5.41) is 0. The van der Waals surface area contributed by atoms with Crippen molar-refractivity contribution in [2.45, 2.75) is 112 Å². The second-order valence-corrected chi connectivity index (χ2v) is 12.6. The number of allylic oxidation sites excluding steroid dienone is 2. The molecule has 0 aliphatic heterocycles.